The fraction of sp³-hybridized carbons (Fsp3) is 1.00. The summed E-state index contributed by atoms with van der Waals surface area (Å²) in [6, 6.07) is 0. The van der Waals surface area contributed by atoms with Crippen LogP contribution >= 0.6 is 7.82 Å². The molecule has 0 aromatic heterocycles. The van der Waals surface area contributed by atoms with Gasteiger partial charge in [0.15, 0.2) is 6.29 Å². The number of aliphatic hydroxyl groups excluding tert-OH is 5. The monoisotopic (exact) mass is 290 g/mol. The van der Waals surface area contributed by atoms with Crippen LogP contribution < -0.4 is 0 Å². The lowest BCUT2D eigenvalue weighted by atomic mass is 9.96. The third-order valence-corrected chi connectivity index (χ3v) is 2.90. The summed E-state index contributed by atoms with van der Waals surface area (Å²) in [6.45, 7) is -0.887. The van der Waals surface area contributed by atoms with Gasteiger partial charge in [0.25, 0.3) is 0 Å². The minimum absolute atomic E-state index is 0.887. The molecule has 0 unspecified atom stereocenters. The van der Waals surface area contributed by atoms with Crippen LogP contribution in [-0.2, 0) is 13.8 Å². The number of aliphatic hydroxyl groups is 5. The summed E-state index contributed by atoms with van der Waals surface area (Å²) in [5, 5.41) is 46.6. The molecule has 0 saturated carbocycles. The number of ether oxygens (including phenoxy) is 1. The standard InChI is InChI=1S/C7H15O10P/c8-2(1-16-18(13,14)15)6-4(10)3(9)5(11)7(12)17-6/h2-12H,1H2,(H2,13,14,15)/t2-,3-,4+,5-,6+,7+/m0/s1. The van der Waals surface area contributed by atoms with Gasteiger partial charge in [-0.3, -0.25) is 4.52 Å². The van der Waals surface area contributed by atoms with Crippen LogP contribution in [-0.4, -0.2) is 78.7 Å². The quantitative estimate of drug-likeness (QED) is 0.254. The van der Waals surface area contributed by atoms with E-state index >= 15 is 0 Å². The first-order valence-corrected chi connectivity index (χ1v) is 6.42. The minimum Gasteiger partial charge on any atom is -0.388 e. The zero-order valence-electron chi connectivity index (χ0n) is 8.97. The van der Waals surface area contributed by atoms with Crippen molar-refractivity contribution in [2.24, 2.45) is 0 Å². The SMILES string of the molecule is O=P(O)(O)OC[C@H](O)[C@H]1O[C@@H](O)[C@@H](O)[C@@H](O)[C@H]1O. The number of phosphoric ester groups is 1. The van der Waals surface area contributed by atoms with Gasteiger partial charge in [0, 0.05) is 0 Å². The molecule has 10 nitrogen and oxygen atoms in total. The Hall–Kier alpha value is -0.130. The third kappa shape index (κ3) is 3.93. The van der Waals surface area contributed by atoms with Crippen LogP contribution in [0.4, 0.5) is 0 Å². The molecule has 11 heteroatoms. The number of rotatable bonds is 4. The molecule has 1 heterocycles. The van der Waals surface area contributed by atoms with Crippen LogP contribution in [0.2, 0.25) is 0 Å². The summed E-state index contributed by atoms with van der Waals surface area (Å²) < 4.78 is 19.0. The molecule has 0 radical (unpaired) electrons. The highest BCUT2D eigenvalue weighted by molar-refractivity contribution is 7.46. The van der Waals surface area contributed by atoms with E-state index in [1.54, 1.807) is 0 Å². The van der Waals surface area contributed by atoms with Gasteiger partial charge in [-0.05, 0) is 0 Å². The van der Waals surface area contributed by atoms with Crippen molar-refractivity contribution in [3.63, 3.8) is 0 Å². The molecule has 0 amide bonds. The molecule has 1 fully saturated rings. The molecule has 1 aliphatic heterocycles. The van der Waals surface area contributed by atoms with E-state index in [-0.39, 0.29) is 0 Å². The first kappa shape index (κ1) is 15.9. The van der Waals surface area contributed by atoms with Crippen molar-refractivity contribution in [1.29, 1.82) is 0 Å². The van der Waals surface area contributed by atoms with Gasteiger partial charge >= 0.3 is 7.82 Å². The van der Waals surface area contributed by atoms with E-state index in [4.69, 9.17) is 20.0 Å². The van der Waals surface area contributed by atoms with Crippen molar-refractivity contribution < 1.29 is 49.1 Å². The predicted molar refractivity (Wildman–Crippen MR) is 52.9 cm³/mol. The molecule has 1 aliphatic rings. The average Bonchev–Trinajstić information content (AvgIpc) is 2.27. The van der Waals surface area contributed by atoms with Crippen molar-refractivity contribution in [1.82, 2.24) is 0 Å². The Labute approximate surface area is 101 Å². The summed E-state index contributed by atoms with van der Waals surface area (Å²) in [5.74, 6) is 0. The zero-order valence-corrected chi connectivity index (χ0v) is 9.87. The topological polar surface area (TPSA) is 177 Å². The molecule has 0 aromatic rings. The maximum absolute atomic E-state index is 10.4. The highest BCUT2D eigenvalue weighted by atomic mass is 31.2. The van der Waals surface area contributed by atoms with E-state index in [0.29, 0.717) is 0 Å². The Morgan fingerprint density at radius 3 is 2.17 bits per heavy atom. The summed E-state index contributed by atoms with van der Waals surface area (Å²) in [7, 11) is -4.80. The maximum atomic E-state index is 10.4. The predicted octanol–water partition coefficient (Wildman–Crippen LogP) is -3.74. The van der Waals surface area contributed by atoms with E-state index in [1.165, 1.54) is 0 Å². The lowest BCUT2D eigenvalue weighted by Gasteiger charge is -2.40. The van der Waals surface area contributed by atoms with Crippen LogP contribution in [0.15, 0.2) is 0 Å². The lowest BCUT2D eigenvalue weighted by Crippen LogP contribution is -2.61. The lowest BCUT2D eigenvalue weighted by molar-refractivity contribution is -0.298. The Morgan fingerprint density at radius 2 is 1.67 bits per heavy atom. The second-order valence-corrected chi connectivity index (χ2v) is 5.06. The van der Waals surface area contributed by atoms with E-state index < -0.39 is 51.2 Å². The third-order valence-electron chi connectivity index (χ3n) is 2.42. The molecule has 1 saturated heterocycles. The summed E-state index contributed by atoms with van der Waals surface area (Å²) in [4.78, 5) is 16.8. The van der Waals surface area contributed by atoms with Gasteiger partial charge < -0.3 is 40.1 Å². The van der Waals surface area contributed by atoms with E-state index in [1.807, 2.05) is 0 Å². The smallest absolute Gasteiger partial charge is 0.388 e. The summed E-state index contributed by atoms with van der Waals surface area (Å²) in [5.41, 5.74) is 0. The fourth-order valence-corrected chi connectivity index (χ4v) is 1.82. The Kier molecular flexibility index (Phi) is 5.21. The van der Waals surface area contributed by atoms with Gasteiger partial charge in [-0.1, -0.05) is 0 Å². The molecule has 1 rings (SSSR count). The Balaban J connectivity index is 2.62. The van der Waals surface area contributed by atoms with Gasteiger partial charge in [0.1, 0.15) is 30.5 Å². The molecule has 0 aliphatic carbocycles. The second-order valence-electron chi connectivity index (χ2n) is 3.82. The largest absolute Gasteiger partial charge is 0.469 e. The zero-order chi connectivity index (χ0) is 14.1. The average molecular weight is 290 g/mol. The van der Waals surface area contributed by atoms with E-state index in [0.717, 1.165) is 0 Å². The van der Waals surface area contributed by atoms with E-state index in [2.05, 4.69) is 9.26 Å². The second kappa shape index (κ2) is 5.88. The van der Waals surface area contributed by atoms with Gasteiger partial charge in [-0.2, -0.15) is 0 Å². The number of hydrogen-bond donors (Lipinski definition) is 7. The van der Waals surface area contributed by atoms with Crippen LogP contribution in [0.3, 0.4) is 0 Å². The Bertz CT molecular complexity index is 317. The van der Waals surface area contributed by atoms with Crippen molar-refractivity contribution in [2.75, 3.05) is 6.61 Å². The first-order chi connectivity index (χ1) is 8.13. The molecular weight excluding hydrogens is 275 g/mol. The van der Waals surface area contributed by atoms with Crippen LogP contribution in [0.1, 0.15) is 0 Å². The maximum Gasteiger partial charge on any atom is 0.469 e. The van der Waals surface area contributed by atoms with Crippen LogP contribution in [0, 0.1) is 0 Å². The highest BCUT2D eigenvalue weighted by Gasteiger charge is 2.46. The summed E-state index contributed by atoms with van der Waals surface area (Å²) in [6.07, 6.45) is -10.4. The molecule has 0 aromatic carbocycles. The van der Waals surface area contributed by atoms with Gasteiger partial charge in [0.05, 0.1) is 6.61 Å². The molecule has 0 spiro atoms. The first-order valence-electron chi connectivity index (χ1n) is 4.89. The van der Waals surface area contributed by atoms with Crippen molar-refractivity contribution >= 4 is 7.82 Å². The normalized spacial score (nSPS) is 39.6. The molecule has 7 N–H and O–H groups in total. The fourth-order valence-electron chi connectivity index (χ4n) is 1.47. The number of phosphoric acid groups is 1. The molecular formula is C7H15O10P. The van der Waals surface area contributed by atoms with Gasteiger partial charge in [-0.15, -0.1) is 0 Å². The van der Waals surface area contributed by atoms with Gasteiger partial charge in [-0.25, -0.2) is 4.57 Å². The Morgan fingerprint density at radius 1 is 1.11 bits per heavy atom. The summed E-state index contributed by atoms with van der Waals surface area (Å²) >= 11 is 0. The molecule has 18 heavy (non-hydrogen) atoms. The van der Waals surface area contributed by atoms with Crippen molar-refractivity contribution in [3.05, 3.63) is 0 Å². The van der Waals surface area contributed by atoms with Crippen LogP contribution in [0.5, 0.6) is 0 Å². The van der Waals surface area contributed by atoms with Gasteiger partial charge in [0.2, 0.25) is 0 Å². The molecule has 6 atom stereocenters. The van der Waals surface area contributed by atoms with Crippen molar-refractivity contribution in [2.45, 2.75) is 36.8 Å². The highest BCUT2D eigenvalue weighted by Crippen LogP contribution is 2.36. The number of hydrogen-bond acceptors (Lipinski definition) is 8. The van der Waals surface area contributed by atoms with E-state index in [9.17, 15) is 19.9 Å². The minimum atomic E-state index is -4.80. The molecule has 108 valence electrons. The van der Waals surface area contributed by atoms with Crippen molar-refractivity contribution in [3.8, 4) is 0 Å². The molecule has 0 bridgehead atoms. The van der Waals surface area contributed by atoms with Crippen LogP contribution in [0.25, 0.3) is 0 Å².